The van der Waals surface area contributed by atoms with Crippen LogP contribution in [0, 0.1) is 5.82 Å². The largest absolute Gasteiger partial charge is 0.477 e. The Labute approximate surface area is 139 Å². The van der Waals surface area contributed by atoms with E-state index in [9.17, 15) is 22.7 Å². The van der Waals surface area contributed by atoms with Crippen molar-refractivity contribution >= 4 is 26.7 Å². The molecule has 0 unspecified atom stereocenters. The van der Waals surface area contributed by atoms with Gasteiger partial charge in [-0.05, 0) is 17.7 Å². The molecule has 1 aromatic heterocycles. The molecule has 0 atom stereocenters. The number of aromatic carboxylic acids is 1. The van der Waals surface area contributed by atoms with E-state index in [-0.39, 0.29) is 22.4 Å². The monoisotopic (exact) mass is 348 g/mol. The SMILES string of the molecule is [2H]c1c(-c2c(C(=O)O)[nH]c3ccccc23)ccc(CS(C)(=O)=O)c1F. The number of rotatable bonds is 4. The molecule has 2 aromatic carbocycles. The molecule has 24 heavy (non-hydrogen) atoms. The highest BCUT2D eigenvalue weighted by Crippen LogP contribution is 2.33. The molecule has 0 aliphatic carbocycles. The van der Waals surface area contributed by atoms with Gasteiger partial charge in [-0.25, -0.2) is 17.6 Å². The van der Waals surface area contributed by atoms with E-state index < -0.39 is 33.4 Å². The fourth-order valence-electron chi connectivity index (χ4n) is 2.62. The number of para-hydroxylation sites is 1. The molecule has 1 heterocycles. The van der Waals surface area contributed by atoms with Crippen LogP contribution in [-0.4, -0.2) is 30.7 Å². The summed E-state index contributed by atoms with van der Waals surface area (Å²) < 4.78 is 45.3. The normalized spacial score (nSPS) is 12.3. The topological polar surface area (TPSA) is 87.2 Å². The van der Waals surface area contributed by atoms with Crippen LogP contribution in [0.25, 0.3) is 22.0 Å². The van der Waals surface area contributed by atoms with Gasteiger partial charge in [0, 0.05) is 28.3 Å². The van der Waals surface area contributed by atoms with Gasteiger partial charge in [0.05, 0.1) is 7.12 Å². The van der Waals surface area contributed by atoms with Crippen LogP contribution in [0.3, 0.4) is 0 Å². The van der Waals surface area contributed by atoms with E-state index in [0.717, 1.165) is 6.26 Å². The second kappa shape index (κ2) is 5.76. The Hall–Kier alpha value is -2.67. The van der Waals surface area contributed by atoms with Crippen LogP contribution in [0.2, 0.25) is 0 Å². The summed E-state index contributed by atoms with van der Waals surface area (Å²) in [6, 6.07) is 8.92. The number of hydrogen-bond acceptors (Lipinski definition) is 3. The fraction of sp³-hybridized carbons (Fsp3) is 0.118. The lowest BCUT2D eigenvalue weighted by Gasteiger charge is -2.06. The fourth-order valence-corrected chi connectivity index (χ4v) is 3.41. The summed E-state index contributed by atoms with van der Waals surface area (Å²) in [7, 11) is -3.46. The maximum Gasteiger partial charge on any atom is 0.352 e. The zero-order chi connectivity index (χ0) is 18.4. The van der Waals surface area contributed by atoms with Gasteiger partial charge in [-0.3, -0.25) is 0 Å². The Balaban J connectivity index is 2.27. The number of hydrogen-bond donors (Lipinski definition) is 2. The molecular formula is C17H14FNO4S. The average molecular weight is 348 g/mol. The molecule has 3 aromatic rings. The van der Waals surface area contributed by atoms with Gasteiger partial charge in [0.25, 0.3) is 0 Å². The molecule has 124 valence electrons. The van der Waals surface area contributed by atoms with Crippen molar-refractivity contribution in [2.45, 2.75) is 5.75 Å². The van der Waals surface area contributed by atoms with Crippen molar-refractivity contribution in [3.8, 4) is 11.1 Å². The minimum absolute atomic E-state index is 0.0876. The predicted molar refractivity (Wildman–Crippen MR) is 89.2 cm³/mol. The first-order valence-electron chi connectivity index (χ1n) is 7.49. The molecule has 0 aliphatic rings. The zero-order valence-electron chi connectivity index (χ0n) is 13.6. The maximum absolute atomic E-state index is 14.5. The van der Waals surface area contributed by atoms with Crippen LogP contribution in [-0.2, 0) is 15.6 Å². The zero-order valence-corrected chi connectivity index (χ0v) is 13.4. The predicted octanol–water partition coefficient (Wildman–Crippen LogP) is 3.22. The molecule has 0 saturated heterocycles. The van der Waals surface area contributed by atoms with Gasteiger partial charge in [0.1, 0.15) is 11.5 Å². The number of aromatic nitrogens is 1. The van der Waals surface area contributed by atoms with Crippen molar-refractivity contribution in [2.75, 3.05) is 6.26 Å². The van der Waals surface area contributed by atoms with E-state index >= 15 is 0 Å². The molecule has 0 bridgehead atoms. The number of halogens is 1. The standard InChI is InChI=1S/C17H14FNO4S/c1-24(22,23)9-11-7-6-10(8-13(11)18)15-12-4-2-3-5-14(12)19-16(15)17(20)21/h2-8,19H,9H2,1H3,(H,20,21)/i8D. The van der Waals surface area contributed by atoms with E-state index in [1.807, 2.05) is 0 Å². The molecule has 7 heteroatoms. The number of carboxylic acid groups (broad SMARTS) is 1. The number of sulfone groups is 1. The Morgan fingerprint density at radius 3 is 2.67 bits per heavy atom. The molecule has 0 amide bonds. The molecule has 0 aliphatic heterocycles. The third kappa shape index (κ3) is 3.03. The number of nitrogens with one attached hydrogen (secondary N) is 1. The first-order chi connectivity index (χ1) is 11.7. The lowest BCUT2D eigenvalue weighted by Crippen LogP contribution is -2.03. The van der Waals surface area contributed by atoms with Gasteiger partial charge in [-0.1, -0.05) is 30.3 Å². The average Bonchev–Trinajstić information content (AvgIpc) is 2.91. The molecule has 3 rings (SSSR count). The molecule has 0 spiro atoms. The van der Waals surface area contributed by atoms with Gasteiger partial charge in [0.2, 0.25) is 0 Å². The van der Waals surface area contributed by atoms with Gasteiger partial charge in [-0.2, -0.15) is 0 Å². The summed E-state index contributed by atoms with van der Waals surface area (Å²) in [6.07, 6.45) is 0.978. The molecule has 5 nitrogen and oxygen atoms in total. The third-order valence-corrected chi connectivity index (χ3v) is 4.42. The van der Waals surface area contributed by atoms with Crippen LogP contribution in [0.4, 0.5) is 4.39 Å². The van der Waals surface area contributed by atoms with E-state index in [1.54, 1.807) is 24.3 Å². The quantitative estimate of drug-likeness (QED) is 0.758. The lowest BCUT2D eigenvalue weighted by molar-refractivity contribution is 0.0692. The number of carboxylic acids is 1. The Bertz CT molecular complexity index is 1110. The van der Waals surface area contributed by atoms with Crippen molar-refractivity contribution in [1.29, 1.82) is 0 Å². The molecular weight excluding hydrogens is 333 g/mol. The second-order valence-corrected chi connectivity index (χ2v) is 7.65. The van der Waals surface area contributed by atoms with Crippen LogP contribution in [0.1, 0.15) is 17.4 Å². The van der Waals surface area contributed by atoms with Gasteiger partial charge < -0.3 is 10.1 Å². The Morgan fingerprint density at radius 2 is 2.00 bits per heavy atom. The van der Waals surface area contributed by atoms with Crippen molar-refractivity contribution < 1.29 is 24.1 Å². The third-order valence-electron chi connectivity index (χ3n) is 3.58. The molecule has 0 radical (unpaired) electrons. The summed E-state index contributed by atoms with van der Waals surface area (Å²) in [4.78, 5) is 14.3. The molecule has 0 saturated carbocycles. The summed E-state index contributed by atoms with van der Waals surface area (Å²) in [6.45, 7) is 0. The summed E-state index contributed by atoms with van der Waals surface area (Å²) in [5.41, 5.74) is 0.579. The Morgan fingerprint density at radius 1 is 1.29 bits per heavy atom. The van der Waals surface area contributed by atoms with Crippen molar-refractivity contribution in [2.24, 2.45) is 0 Å². The lowest BCUT2D eigenvalue weighted by atomic mass is 10.0. The second-order valence-electron chi connectivity index (χ2n) is 5.51. The first-order valence-corrected chi connectivity index (χ1v) is 9.05. The van der Waals surface area contributed by atoms with Crippen LogP contribution >= 0.6 is 0 Å². The first kappa shape index (κ1) is 14.9. The van der Waals surface area contributed by atoms with Crippen LogP contribution in [0.5, 0.6) is 0 Å². The van der Waals surface area contributed by atoms with Crippen molar-refractivity contribution in [3.05, 3.63) is 59.5 Å². The Kier molecular flexibility index (Phi) is 3.57. The van der Waals surface area contributed by atoms with Crippen LogP contribution < -0.4 is 0 Å². The minimum Gasteiger partial charge on any atom is -0.477 e. The van der Waals surface area contributed by atoms with Crippen molar-refractivity contribution in [3.63, 3.8) is 0 Å². The van der Waals surface area contributed by atoms with E-state index in [1.165, 1.54) is 12.1 Å². The van der Waals surface area contributed by atoms with Crippen molar-refractivity contribution in [1.82, 2.24) is 4.98 Å². The summed E-state index contributed by atoms with van der Waals surface area (Å²) in [5, 5.41) is 9.98. The van der Waals surface area contributed by atoms with Gasteiger partial charge in [-0.15, -0.1) is 0 Å². The molecule has 0 fully saturated rings. The minimum atomic E-state index is -3.46. The maximum atomic E-state index is 14.5. The number of aromatic amines is 1. The van der Waals surface area contributed by atoms with E-state index in [0.29, 0.717) is 10.9 Å². The smallest absolute Gasteiger partial charge is 0.352 e. The highest BCUT2D eigenvalue weighted by Gasteiger charge is 2.20. The number of carbonyl (C=O) groups is 1. The number of benzene rings is 2. The van der Waals surface area contributed by atoms with Gasteiger partial charge >= 0.3 is 5.97 Å². The van der Waals surface area contributed by atoms with Gasteiger partial charge in [0.15, 0.2) is 9.84 Å². The van der Waals surface area contributed by atoms with E-state index in [4.69, 9.17) is 1.37 Å². The van der Waals surface area contributed by atoms with Crippen LogP contribution in [0.15, 0.2) is 42.4 Å². The summed E-state index contributed by atoms with van der Waals surface area (Å²) in [5.74, 6) is -2.72. The molecule has 2 N–H and O–H groups in total. The van der Waals surface area contributed by atoms with E-state index in [2.05, 4.69) is 4.98 Å². The highest BCUT2D eigenvalue weighted by atomic mass is 32.2. The number of fused-ring (bicyclic) bond motifs is 1. The highest BCUT2D eigenvalue weighted by molar-refractivity contribution is 7.89. The number of H-pyrrole nitrogens is 1. The summed E-state index contributed by atoms with van der Waals surface area (Å²) >= 11 is 0.